The lowest BCUT2D eigenvalue weighted by molar-refractivity contribution is -0.125. The molecule has 1 aliphatic heterocycles. The van der Waals surface area contributed by atoms with Gasteiger partial charge in [-0.15, -0.1) is 0 Å². The maximum absolute atomic E-state index is 11.8. The monoisotopic (exact) mass is 183 g/mol. The molecule has 2 nitrogen and oxygen atoms in total. The van der Waals surface area contributed by atoms with Crippen LogP contribution in [0, 0.1) is 0 Å². The molecule has 0 bridgehead atoms. The predicted molar refractivity (Wildman–Crippen MR) is 54.8 cm³/mol. The van der Waals surface area contributed by atoms with Crippen LogP contribution in [0.3, 0.4) is 0 Å². The number of carbonyl (C=O) groups excluding carboxylic acids is 1. The zero-order chi connectivity index (χ0) is 9.73. The van der Waals surface area contributed by atoms with E-state index in [9.17, 15) is 4.79 Å². The second kappa shape index (κ2) is 4.75. The average molecular weight is 183 g/mol. The topological polar surface area (TPSA) is 29.1 Å². The lowest BCUT2D eigenvalue weighted by Gasteiger charge is -2.33. The van der Waals surface area contributed by atoms with Crippen molar-refractivity contribution in [2.45, 2.75) is 57.9 Å². The molecule has 1 fully saturated rings. The summed E-state index contributed by atoms with van der Waals surface area (Å²) in [6, 6.07) is 0. The van der Waals surface area contributed by atoms with Crippen molar-refractivity contribution in [2.24, 2.45) is 0 Å². The molecule has 1 aliphatic rings. The van der Waals surface area contributed by atoms with Gasteiger partial charge < -0.3 is 5.32 Å². The Morgan fingerprint density at radius 2 is 2.23 bits per heavy atom. The van der Waals surface area contributed by atoms with Gasteiger partial charge in [0.25, 0.3) is 0 Å². The molecule has 1 heterocycles. The second-order valence-electron chi connectivity index (χ2n) is 4.24. The van der Waals surface area contributed by atoms with Gasteiger partial charge in [-0.25, -0.2) is 0 Å². The molecule has 0 aromatic carbocycles. The van der Waals surface area contributed by atoms with Gasteiger partial charge in [0.2, 0.25) is 0 Å². The van der Waals surface area contributed by atoms with Gasteiger partial charge in [-0.2, -0.15) is 0 Å². The fourth-order valence-corrected chi connectivity index (χ4v) is 1.91. The van der Waals surface area contributed by atoms with Gasteiger partial charge in [0.1, 0.15) is 0 Å². The van der Waals surface area contributed by atoms with Gasteiger partial charge in [-0.3, -0.25) is 4.79 Å². The van der Waals surface area contributed by atoms with Gasteiger partial charge in [0.15, 0.2) is 5.78 Å². The van der Waals surface area contributed by atoms with Gasteiger partial charge in [0, 0.05) is 6.42 Å². The number of hydrogen-bond acceptors (Lipinski definition) is 2. The van der Waals surface area contributed by atoms with Crippen LogP contribution in [0.5, 0.6) is 0 Å². The van der Waals surface area contributed by atoms with Crippen molar-refractivity contribution < 1.29 is 4.79 Å². The van der Waals surface area contributed by atoms with E-state index in [1.165, 1.54) is 12.8 Å². The summed E-state index contributed by atoms with van der Waals surface area (Å²) in [5.41, 5.74) is -0.201. The minimum atomic E-state index is -0.201. The van der Waals surface area contributed by atoms with E-state index < -0.39 is 0 Å². The van der Waals surface area contributed by atoms with Crippen molar-refractivity contribution in [1.29, 1.82) is 0 Å². The zero-order valence-electron chi connectivity index (χ0n) is 8.86. The number of rotatable bonds is 4. The van der Waals surface area contributed by atoms with Crippen LogP contribution in [-0.4, -0.2) is 17.9 Å². The third kappa shape index (κ3) is 2.80. The predicted octanol–water partition coefficient (Wildman–Crippen LogP) is 2.28. The molecule has 0 spiro atoms. The second-order valence-corrected chi connectivity index (χ2v) is 4.24. The van der Waals surface area contributed by atoms with Crippen LogP contribution in [0.15, 0.2) is 0 Å². The number of carbonyl (C=O) groups is 1. The third-order valence-electron chi connectivity index (χ3n) is 2.99. The van der Waals surface area contributed by atoms with Crippen molar-refractivity contribution in [2.75, 3.05) is 6.54 Å². The summed E-state index contributed by atoms with van der Waals surface area (Å²) in [5, 5.41) is 3.35. The molecule has 0 aromatic rings. The minimum absolute atomic E-state index is 0.201. The van der Waals surface area contributed by atoms with E-state index in [1.807, 2.05) is 0 Å². The van der Waals surface area contributed by atoms with Gasteiger partial charge in [0.05, 0.1) is 5.54 Å². The summed E-state index contributed by atoms with van der Waals surface area (Å²) >= 11 is 0. The number of nitrogens with one attached hydrogen (secondary N) is 1. The summed E-state index contributed by atoms with van der Waals surface area (Å²) in [6.45, 7) is 5.20. The molecule has 0 amide bonds. The fraction of sp³-hybridized carbons (Fsp3) is 0.909. The molecule has 0 saturated carbocycles. The lowest BCUT2D eigenvalue weighted by Crippen LogP contribution is -2.52. The largest absolute Gasteiger partial charge is 0.305 e. The minimum Gasteiger partial charge on any atom is -0.305 e. The van der Waals surface area contributed by atoms with Crippen molar-refractivity contribution in [3.63, 3.8) is 0 Å². The maximum atomic E-state index is 11.8. The van der Waals surface area contributed by atoms with Gasteiger partial charge >= 0.3 is 0 Å². The van der Waals surface area contributed by atoms with Crippen LogP contribution >= 0.6 is 0 Å². The maximum Gasteiger partial charge on any atom is 0.152 e. The molecule has 13 heavy (non-hydrogen) atoms. The SMILES string of the molecule is CCCCC(=O)C1(C)CCCCN1. The van der Waals surface area contributed by atoms with Crippen molar-refractivity contribution >= 4 is 5.78 Å². The molecular formula is C11H21NO. The molecule has 1 rings (SSSR count). The average Bonchev–Trinajstić information content (AvgIpc) is 2.15. The number of ketones is 1. The van der Waals surface area contributed by atoms with Crippen LogP contribution in [-0.2, 0) is 4.79 Å². The molecule has 0 aliphatic carbocycles. The summed E-state index contributed by atoms with van der Waals surface area (Å²) in [5.74, 6) is 0.411. The first-order valence-corrected chi connectivity index (χ1v) is 5.47. The molecule has 76 valence electrons. The normalized spacial score (nSPS) is 28.8. The summed E-state index contributed by atoms with van der Waals surface area (Å²) < 4.78 is 0. The highest BCUT2D eigenvalue weighted by Gasteiger charge is 2.32. The molecule has 0 radical (unpaired) electrons. The standard InChI is InChI=1S/C11H21NO/c1-3-4-7-10(13)11(2)8-5-6-9-12-11/h12H,3-9H2,1-2H3. The van der Waals surface area contributed by atoms with E-state index in [1.54, 1.807) is 0 Å². The van der Waals surface area contributed by atoms with Crippen LogP contribution in [0.4, 0.5) is 0 Å². The van der Waals surface area contributed by atoms with E-state index in [-0.39, 0.29) is 5.54 Å². The third-order valence-corrected chi connectivity index (χ3v) is 2.99. The highest BCUT2D eigenvalue weighted by molar-refractivity contribution is 5.88. The summed E-state index contributed by atoms with van der Waals surface area (Å²) in [4.78, 5) is 11.8. The molecule has 1 unspecified atom stereocenters. The van der Waals surface area contributed by atoms with E-state index in [2.05, 4.69) is 19.2 Å². The Morgan fingerprint density at radius 1 is 1.46 bits per heavy atom. The first-order valence-electron chi connectivity index (χ1n) is 5.47. The fourth-order valence-electron chi connectivity index (χ4n) is 1.91. The first kappa shape index (κ1) is 10.7. The van der Waals surface area contributed by atoms with Crippen molar-refractivity contribution in [1.82, 2.24) is 5.32 Å². The number of piperidine rings is 1. The van der Waals surface area contributed by atoms with Crippen LogP contribution in [0.1, 0.15) is 52.4 Å². The van der Waals surface area contributed by atoms with Crippen LogP contribution in [0.25, 0.3) is 0 Å². The van der Waals surface area contributed by atoms with E-state index in [0.29, 0.717) is 5.78 Å². The molecule has 1 atom stereocenters. The lowest BCUT2D eigenvalue weighted by atomic mass is 9.85. The Morgan fingerprint density at radius 3 is 2.77 bits per heavy atom. The smallest absolute Gasteiger partial charge is 0.152 e. The Hall–Kier alpha value is -0.370. The Balaban J connectivity index is 2.42. The van der Waals surface area contributed by atoms with Crippen LogP contribution in [0.2, 0.25) is 0 Å². The number of unbranched alkanes of at least 4 members (excludes halogenated alkanes) is 1. The molecule has 2 heteroatoms. The number of hydrogen-bond donors (Lipinski definition) is 1. The number of Topliss-reactive ketones (excluding diaryl/α,β-unsaturated/α-hetero) is 1. The Labute approximate surface area is 81.1 Å². The Kier molecular flexibility index (Phi) is 3.91. The van der Waals surface area contributed by atoms with Gasteiger partial charge in [-0.05, 0) is 39.2 Å². The van der Waals surface area contributed by atoms with E-state index in [0.717, 1.165) is 32.2 Å². The molecule has 1 N–H and O–H groups in total. The summed E-state index contributed by atoms with van der Waals surface area (Å²) in [7, 11) is 0. The molecule has 1 saturated heterocycles. The molecular weight excluding hydrogens is 162 g/mol. The zero-order valence-corrected chi connectivity index (χ0v) is 8.86. The molecule has 0 aromatic heterocycles. The van der Waals surface area contributed by atoms with Crippen LogP contribution < -0.4 is 5.32 Å². The van der Waals surface area contributed by atoms with Crippen molar-refractivity contribution in [3.8, 4) is 0 Å². The van der Waals surface area contributed by atoms with Gasteiger partial charge in [-0.1, -0.05) is 13.3 Å². The van der Waals surface area contributed by atoms with E-state index in [4.69, 9.17) is 0 Å². The first-order chi connectivity index (χ1) is 6.19. The Bertz CT molecular complexity index is 171. The quantitative estimate of drug-likeness (QED) is 0.724. The summed E-state index contributed by atoms with van der Waals surface area (Å²) in [6.07, 6.45) is 6.34. The van der Waals surface area contributed by atoms with Crippen molar-refractivity contribution in [3.05, 3.63) is 0 Å². The highest BCUT2D eigenvalue weighted by atomic mass is 16.1. The van der Waals surface area contributed by atoms with E-state index >= 15 is 0 Å². The highest BCUT2D eigenvalue weighted by Crippen LogP contribution is 2.21.